The van der Waals surface area contributed by atoms with E-state index in [4.69, 9.17) is 5.26 Å². The molecule has 2 N–H and O–H groups in total. The molecule has 1 heterocycles. The Hall–Kier alpha value is -2.13. The number of nitriles is 1. The van der Waals surface area contributed by atoms with Crippen molar-refractivity contribution in [2.75, 3.05) is 18.4 Å². The Kier molecular flexibility index (Phi) is 3.67. The van der Waals surface area contributed by atoms with Crippen LogP contribution in [0.15, 0.2) is 18.2 Å². The fourth-order valence-corrected chi connectivity index (χ4v) is 2.36. The van der Waals surface area contributed by atoms with Gasteiger partial charge < -0.3 is 10.6 Å². The molecule has 0 spiro atoms. The van der Waals surface area contributed by atoms with E-state index >= 15 is 0 Å². The molecule has 1 aromatic carbocycles. The molecule has 1 saturated heterocycles. The van der Waals surface area contributed by atoms with E-state index in [2.05, 4.69) is 17.6 Å². The predicted molar refractivity (Wildman–Crippen MR) is 71.9 cm³/mol. The van der Waals surface area contributed by atoms with Crippen LogP contribution in [0, 0.1) is 21.4 Å². The number of piperidine rings is 1. The predicted octanol–water partition coefficient (Wildman–Crippen LogP) is 2.02. The van der Waals surface area contributed by atoms with Crippen molar-refractivity contribution in [2.24, 2.45) is 0 Å². The Morgan fingerprint density at radius 2 is 2.16 bits per heavy atom. The van der Waals surface area contributed by atoms with E-state index in [-0.39, 0.29) is 16.8 Å². The third kappa shape index (κ3) is 2.83. The average Bonchev–Trinajstić information content (AvgIpc) is 2.38. The van der Waals surface area contributed by atoms with Gasteiger partial charge in [0.1, 0.15) is 17.3 Å². The molecule has 1 aromatic rings. The zero-order valence-electron chi connectivity index (χ0n) is 10.8. The molecule has 19 heavy (non-hydrogen) atoms. The first kappa shape index (κ1) is 13.3. The van der Waals surface area contributed by atoms with Gasteiger partial charge >= 0.3 is 5.69 Å². The molecule has 6 heteroatoms. The highest BCUT2D eigenvalue weighted by molar-refractivity contribution is 5.69. The Morgan fingerprint density at radius 3 is 2.74 bits per heavy atom. The minimum absolute atomic E-state index is 0.0903. The van der Waals surface area contributed by atoms with Gasteiger partial charge in [-0.1, -0.05) is 6.07 Å². The van der Waals surface area contributed by atoms with Gasteiger partial charge in [0.15, 0.2) is 0 Å². The molecular weight excluding hydrogens is 244 g/mol. The van der Waals surface area contributed by atoms with E-state index in [1.54, 1.807) is 12.1 Å². The van der Waals surface area contributed by atoms with Gasteiger partial charge in [0.25, 0.3) is 0 Å². The summed E-state index contributed by atoms with van der Waals surface area (Å²) in [7, 11) is 0. The van der Waals surface area contributed by atoms with Gasteiger partial charge in [-0.25, -0.2) is 0 Å². The normalized spacial score (nSPS) is 17.5. The first-order valence-corrected chi connectivity index (χ1v) is 6.22. The summed E-state index contributed by atoms with van der Waals surface area (Å²) in [6, 6.07) is 6.66. The zero-order valence-corrected chi connectivity index (χ0v) is 10.8. The van der Waals surface area contributed by atoms with Crippen LogP contribution in [0.25, 0.3) is 0 Å². The summed E-state index contributed by atoms with van der Waals surface area (Å²) in [4.78, 5) is 10.7. The van der Waals surface area contributed by atoms with Crippen LogP contribution in [0.1, 0.15) is 25.3 Å². The fourth-order valence-electron chi connectivity index (χ4n) is 2.36. The zero-order chi connectivity index (χ0) is 13.9. The first-order chi connectivity index (χ1) is 9.06. The number of rotatable bonds is 3. The van der Waals surface area contributed by atoms with Gasteiger partial charge in [-0.2, -0.15) is 5.26 Å². The van der Waals surface area contributed by atoms with E-state index in [0.717, 1.165) is 25.9 Å². The number of benzene rings is 1. The maximum absolute atomic E-state index is 11.1. The summed E-state index contributed by atoms with van der Waals surface area (Å²) in [6.45, 7) is 3.82. The lowest BCUT2D eigenvalue weighted by Gasteiger charge is -2.35. The lowest BCUT2D eigenvalue weighted by molar-refractivity contribution is -0.384. The molecule has 100 valence electrons. The van der Waals surface area contributed by atoms with Crippen LogP contribution in [0.3, 0.4) is 0 Å². The van der Waals surface area contributed by atoms with Crippen LogP contribution < -0.4 is 10.6 Å². The molecule has 0 unspecified atom stereocenters. The second-order valence-corrected chi connectivity index (χ2v) is 5.01. The van der Waals surface area contributed by atoms with Crippen molar-refractivity contribution in [3.8, 4) is 6.07 Å². The highest BCUT2D eigenvalue weighted by atomic mass is 16.6. The van der Waals surface area contributed by atoms with Crippen molar-refractivity contribution in [3.63, 3.8) is 0 Å². The maximum Gasteiger partial charge on any atom is 0.309 e. The summed E-state index contributed by atoms with van der Waals surface area (Å²) in [5, 5.41) is 26.6. The summed E-state index contributed by atoms with van der Waals surface area (Å²) in [6.07, 6.45) is 1.78. The molecule has 0 bridgehead atoms. The minimum Gasteiger partial charge on any atom is -0.374 e. The summed E-state index contributed by atoms with van der Waals surface area (Å²) in [5.74, 6) is 0. The fraction of sp³-hybridized carbons (Fsp3) is 0.462. The smallest absolute Gasteiger partial charge is 0.309 e. The second-order valence-electron chi connectivity index (χ2n) is 5.01. The van der Waals surface area contributed by atoms with E-state index in [9.17, 15) is 10.1 Å². The van der Waals surface area contributed by atoms with Gasteiger partial charge in [-0.05, 0) is 45.0 Å². The third-order valence-electron chi connectivity index (χ3n) is 3.48. The van der Waals surface area contributed by atoms with Crippen LogP contribution in [-0.4, -0.2) is 23.6 Å². The van der Waals surface area contributed by atoms with Crippen LogP contribution in [0.2, 0.25) is 0 Å². The van der Waals surface area contributed by atoms with Crippen molar-refractivity contribution in [3.05, 3.63) is 33.9 Å². The summed E-state index contributed by atoms with van der Waals surface area (Å²) >= 11 is 0. The molecule has 0 amide bonds. The van der Waals surface area contributed by atoms with E-state index in [0.29, 0.717) is 5.69 Å². The number of nitro benzene ring substituents is 1. The van der Waals surface area contributed by atoms with Gasteiger partial charge in [0, 0.05) is 5.54 Å². The van der Waals surface area contributed by atoms with Gasteiger partial charge in [-0.3, -0.25) is 10.1 Å². The molecular formula is C13H16N4O2. The summed E-state index contributed by atoms with van der Waals surface area (Å²) < 4.78 is 0. The lowest BCUT2D eigenvalue weighted by atomic mass is 9.90. The number of nitrogens with one attached hydrogen (secondary N) is 2. The number of anilines is 1. The van der Waals surface area contributed by atoms with E-state index in [1.165, 1.54) is 6.07 Å². The molecule has 0 saturated carbocycles. The van der Waals surface area contributed by atoms with E-state index < -0.39 is 4.92 Å². The second kappa shape index (κ2) is 5.24. The SMILES string of the molecule is CC1(Nc2cccc(C#N)c2[N+](=O)[O-])CCNCC1. The molecule has 1 aliphatic rings. The number of nitro groups is 1. The Morgan fingerprint density at radius 1 is 1.47 bits per heavy atom. The minimum atomic E-state index is -0.495. The third-order valence-corrected chi connectivity index (χ3v) is 3.48. The van der Waals surface area contributed by atoms with Crippen LogP contribution in [-0.2, 0) is 0 Å². The van der Waals surface area contributed by atoms with Gasteiger partial charge in [0.2, 0.25) is 0 Å². The summed E-state index contributed by atoms with van der Waals surface area (Å²) in [5.41, 5.74) is 0.204. The number of para-hydroxylation sites is 1. The largest absolute Gasteiger partial charge is 0.374 e. The number of hydrogen-bond acceptors (Lipinski definition) is 5. The molecule has 0 aliphatic carbocycles. The highest BCUT2D eigenvalue weighted by Crippen LogP contribution is 2.32. The topological polar surface area (TPSA) is 91.0 Å². The van der Waals surface area contributed by atoms with Gasteiger partial charge in [0.05, 0.1) is 4.92 Å². The van der Waals surface area contributed by atoms with Crippen molar-refractivity contribution < 1.29 is 4.92 Å². The van der Waals surface area contributed by atoms with Crippen molar-refractivity contribution >= 4 is 11.4 Å². The molecule has 0 radical (unpaired) electrons. The molecule has 1 aliphatic heterocycles. The van der Waals surface area contributed by atoms with Gasteiger partial charge in [-0.15, -0.1) is 0 Å². The monoisotopic (exact) mass is 260 g/mol. The quantitative estimate of drug-likeness (QED) is 0.641. The van der Waals surface area contributed by atoms with Crippen molar-refractivity contribution in [2.45, 2.75) is 25.3 Å². The standard InChI is InChI=1S/C13H16N4O2/c1-13(5-7-15-8-6-13)16-11-4-2-3-10(9-14)12(11)17(18)19/h2-4,15-16H,5-8H2,1H3. The van der Waals surface area contributed by atoms with E-state index in [1.807, 2.05) is 6.07 Å². The molecule has 1 fully saturated rings. The average molecular weight is 260 g/mol. The Balaban J connectivity index is 2.34. The molecule has 0 aromatic heterocycles. The molecule has 0 atom stereocenters. The molecule has 2 rings (SSSR count). The van der Waals surface area contributed by atoms with Crippen LogP contribution >= 0.6 is 0 Å². The van der Waals surface area contributed by atoms with Crippen LogP contribution in [0.4, 0.5) is 11.4 Å². The lowest BCUT2D eigenvalue weighted by Crippen LogP contribution is -2.45. The molecule has 6 nitrogen and oxygen atoms in total. The Bertz CT molecular complexity index is 530. The van der Waals surface area contributed by atoms with Crippen molar-refractivity contribution in [1.82, 2.24) is 5.32 Å². The highest BCUT2D eigenvalue weighted by Gasteiger charge is 2.30. The number of nitrogens with zero attached hydrogens (tertiary/aromatic N) is 2. The maximum atomic E-state index is 11.1. The number of hydrogen-bond donors (Lipinski definition) is 2. The first-order valence-electron chi connectivity index (χ1n) is 6.22. The Labute approximate surface area is 111 Å². The van der Waals surface area contributed by atoms with Crippen molar-refractivity contribution in [1.29, 1.82) is 5.26 Å². The van der Waals surface area contributed by atoms with Crippen LogP contribution in [0.5, 0.6) is 0 Å².